The summed E-state index contributed by atoms with van der Waals surface area (Å²) in [7, 11) is 0. The van der Waals surface area contributed by atoms with Gasteiger partial charge in [-0.05, 0) is 48.0 Å². The third-order valence-corrected chi connectivity index (χ3v) is 3.71. The van der Waals surface area contributed by atoms with E-state index in [1.807, 2.05) is 12.1 Å². The molecule has 2 aromatic carbocycles. The number of aromatic nitrogens is 1. The predicted molar refractivity (Wildman–Crippen MR) is 90.7 cm³/mol. The SMILES string of the molecule is N#C/C(=C\c1cccn1-c1ccccc1F)c1ccc(Cl)cc1. The van der Waals surface area contributed by atoms with Crippen LogP contribution in [0, 0.1) is 17.1 Å². The van der Waals surface area contributed by atoms with Crippen molar-refractivity contribution < 1.29 is 4.39 Å². The van der Waals surface area contributed by atoms with Gasteiger partial charge in [-0.25, -0.2) is 4.39 Å². The maximum absolute atomic E-state index is 14.0. The summed E-state index contributed by atoms with van der Waals surface area (Å²) in [5.74, 6) is -0.316. The molecule has 0 saturated heterocycles. The first-order valence-corrected chi connectivity index (χ1v) is 7.37. The minimum absolute atomic E-state index is 0.316. The van der Waals surface area contributed by atoms with Crippen LogP contribution in [0.1, 0.15) is 11.3 Å². The summed E-state index contributed by atoms with van der Waals surface area (Å²) in [6.45, 7) is 0. The fraction of sp³-hybridized carbons (Fsp3) is 0. The summed E-state index contributed by atoms with van der Waals surface area (Å²) in [6, 6.07) is 19.4. The van der Waals surface area contributed by atoms with Crippen molar-refractivity contribution in [3.8, 4) is 11.8 Å². The maximum atomic E-state index is 14.0. The summed E-state index contributed by atoms with van der Waals surface area (Å²) in [6.07, 6.45) is 3.50. The molecule has 0 aliphatic heterocycles. The Labute approximate surface area is 138 Å². The molecular weight excluding hydrogens is 311 g/mol. The van der Waals surface area contributed by atoms with Crippen LogP contribution in [-0.2, 0) is 0 Å². The first kappa shape index (κ1) is 15.1. The van der Waals surface area contributed by atoms with Gasteiger partial charge in [0.25, 0.3) is 0 Å². The van der Waals surface area contributed by atoms with E-state index in [4.69, 9.17) is 11.6 Å². The van der Waals surface area contributed by atoms with Gasteiger partial charge in [0.15, 0.2) is 0 Å². The zero-order chi connectivity index (χ0) is 16.2. The van der Waals surface area contributed by atoms with Gasteiger partial charge in [0.1, 0.15) is 5.82 Å². The maximum Gasteiger partial charge on any atom is 0.147 e. The Kier molecular flexibility index (Phi) is 4.27. The Morgan fingerprint density at radius 3 is 2.48 bits per heavy atom. The van der Waals surface area contributed by atoms with Gasteiger partial charge in [-0.2, -0.15) is 5.26 Å². The van der Waals surface area contributed by atoms with Crippen LogP contribution in [0.4, 0.5) is 4.39 Å². The topological polar surface area (TPSA) is 28.7 Å². The summed E-state index contributed by atoms with van der Waals surface area (Å²) in [5, 5.41) is 10.0. The molecule has 4 heteroatoms. The second kappa shape index (κ2) is 6.51. The molecule has 0 spiro atoms. The number of nitriles is 1. The van der Waals surface area contributed by atoms with Crippen molar-refractivity contribution in [3.63, 3.8) is 0 Å². The second-order valence-corrected chi connectivity index (χ2v) is 5.37. The van der Waals surface area contributed by atoms with Gasteiger partial charge in [-0.3, -0.25) is 0 Å². The minimum atomic E-state index is -0.316. The molecule has 0 unspecified atom stereocenters. The first-order chi connectivity index (χ1) is 11.2. The predicted octanol–water partition coefficient (Wildman–Crippen LogP) is 5.33. The van der Waals surface area contributed by atoms with Gasteiger partial charge >= 0.3 is 0 Å². The molecular formula is C19H12ClFN2. The highest BCUT2D eigenvalue weighted by molar-refractivity contribution is 6.30. The van der Waals surface area contributed by atoms with E-state index < -0.39 is 0 Å². The number of hydrogen-bond acceptors (Lipinski definition) is 1. The van der Waals surface area contributed by atoms with Crippen LogP contribution in [0.3, 0.4) is 0 Å². The van der Waals surface area contributed by atoms with Crippen LogP contribution in [-0.4, -0.2) is 4.57 Å². The van der Waals surface area contributed by atoms with E-state index in [0.717, 1.165) is 11.3 Å². The number of nitrogens with zero attached hydrogens (tertiary/aromatic N) is 2. The lowest BCUT2D eigenvalue weighted by atomic mass is 10.1. The van der Waals surface area contributed by atoms with E-state index in [1.54, 1.807) is 59.3 Å². The van der Waals surface area contributed by atoms with Crippen LogP contribution < -0.4 is 0 Å². The van der Waals surface area contributed by atoms with E-state index in [1.165, 1.54) is 6.07 Å². The monoisotopic (exact) mass is 322 g/mol. The average Bonchev–Trinajstić information content (AvgIpc) is 3.02. The number of benzene rings is 2. The Hall–Kier alpha value is -2.83. The first-order valence-electron chi connectivity index (χ1n) is 6.99. The zero-order valence-electron chi connectivity index (χ0n) is 12.1. The van der Waals surface area contributed by atoms with Crippen molar-refractivity contribution >= 4 is 23.3 Å². The summed E-state index contributed by atoms with van der Waals surface area (Å²) in [5.41, 5.74) is 2.41. The number of halogens is 2. The molecule has 0 amide bonds. The average molecular weight is 323 g/mol. The normalized spacial score (nSPS) is 11.3. The highest BCUT2D eigenvalue weighted by atomic mass is 35.5. The molecule has 0 radical (unpaired) electrons. The molecule has 0 bridgehead atoms. The molecule has 0 fully saturated rings. The van der Waals surface area contributed by atoms with Gasteiger partial charge in [-0.1, -0.05) is 35.9 Å². The Bertz CT molecular complexity index is 902. The standard InChI is InChI=1S/C19H12ClFN2/c20-16-9-7-14(8-10-16)15(13-22)12-17-4-3-11-23(17)19-6-2-1-5-18(19)21/h1-12H/b15-12+. The fourth-order valence-electron chi connectivity index (χ4n) is 2.34. The summed E-state index contributed by atoms with van der Waals surface area (Å²) < 4.78 is 15.7. The van der Waals surface area contributed by atoms with Crippen LogP contribution in [0.15, 0.2) is 66.9 Å². The number of hydrogen-bond donors (Lipinski definition) is 0. The molecule has 3 aromatic rings. The molecule has 0 N–H and O–H groups in total. The third kappa shape index (κ3) is 3.18. The lowest BCUT2D eigenvalue weighted by Crippen LogP contribution is -1.98. The van der Waals surface area contributed by atoms with Gasteiger partial charge in [0, 0.05) is 16.9 Å². The Balaban J connectivity index is 2.06. The van der Waals surface area contributed by atoms with Gasteiger partial charge in [0.05, 0.1) is 17.3 Å². The molecule has 1 aromatic heterocycles. The molecule has 0 aliphatic rings. The Morgan fingerprint density at radius 2 is 1.78 bits per heavy atom. The van der Waals surface area contributed by atoms with Gasteiger partial charge in [-0.15, -0.1) is 0 Å². The molecule has 23 heavy (non-hydrogen) atoms. The highest BCUT2D eigenvalue weighted by Gasteiger charge is 2.08. The van der Waals surface area contributed by atoms with Crippen molar-refractivity contribution in [3.05, 3.63) is 89.0 Å². The zero-order valence-corrected chi connectivity index (χ0v) is 12.8. The molecule has 2 nitrogen and oxygen atoms in total. The van der Waals surface area contributed by atoms with E-state index in [9.17, 15) is 9.65 Å². The number of allylic oxidation sites excluding steroid dienone is 1. The molecule has 112 valence electrons. The number of para-hydroxylation sites is 1. The van der Waals surface area contributed by atoms with Crippen molar-refractivity contribution in [2.75, 3.05) is 0 Å². The Morgan fingerprint density at radius 1 is 1.04 bits per heavy atom. The van der Waals surface area contributed by atoms with Crippen molar-refractivity contribution in [1.82, 2.24) is 4.57 Å². The van der Waals surface area contributed by atoms with E-state index in [0.29, 0.717) is 16.3 Å². The molecule has 3 rings (SSSR count). The smallest absolute Gasteiger partial charge is 0.147 e. The molecule has 1 heterocycles. The molecule has 0 saturated carbocycles. The highest BCUT2D eigenvalue weighted by Crippen LogP contribution is 2.23. The van der Waals surface area contributed by atoms with Crippen molar-refractivity contribution in [1.29, 1.82) is 5.26 Å². The van der Waals surface area contributed by atoms with Crippen LogP contribution in [0.25, 0.3) is 17.3 Å². The molecule has 0 atom stereocenters. The van der Waals surface area contributed by atoms with Crippen molar-refractivity contribution in [2.24, 2.45) is 0 Å². The van der Waals surface area contributed by atoms with Crippen LogP contribution in [0.2, 0.25) is 5.02 Å². The van der Waals surface area contributed by atoms with Crippen LogP contribution >= 0.6 is 11.6 Å². The van der Waals surface area contributed by atoms with Gasteiger partial charge in [0.2, 0.25) is 0 Å². The lowest BCUT2D eigenvalue weighted by molar-refractivity contribution is 0.618. The van der Waals surface area contributed by atoms with E-state index >= 15 is 0 Å². The summed E-state index contributed by atoms with van der Waals surface area (Å²) >= 11 is 5.88. The van der Waals surface area contributed by atoms with Crippen LogP contribution in [0.5, 0.6) is 0 Å². The van der Waals surface area contributed by atoms with E-state index in [2.05, 4.69) is 6.07 Å². The lowest BCUT2D eigenvalue weighted by Gasteiger charge is -2.08. The third-order valence-electron chi connectivity index (χ3n) is 3.46. The van der Waals surface area contributed by atoms with Crippen molar-refractivity contribution in [2.45, 2.75) is 0 Å². The van der Waals surface area contributed by atoms with E-state index in [-0.39, 0.29) is 5.82 Å². The fourth-order valence-corrected chi connectivity index (χ4v) is 2.46. The quantitative estimate of drug-likeness (QED) is 0.599. The largest absolute Gasteiger partial charge is 0.314 e. The minimum Gasteiger partial charge on any atom is -0.314 e. The summed E-state index contributed by atoms with van der Waals surface area (Å²) in [4.78, 5) is 0. The molecule has 0 aliphatic carbocycles. The second-order valence-electron chi connectivity index (χ2n) is 4.93. The van der Waals surface area contributed by atoms with Gasteiger partial charge < -0.3 is 4.57 Å². The number of rotatable bonds is 3.